The van der Waals surface area contributed by atoms with E-state index in [-0.39, 0.29) is 0 Å². The lowest BCUT2D eigenvalue weighted by molar-refractivity contribution is -0.288. The van der Waals surface area contributed by atoms with Crippen LogP contribution in [0.3, 0.4) is 0 Å². The maximum atomic E-state index is 10.2. The maximum Gasteiger partial charge on any atom is 0.244 e. The molecule has 1 aromatic carbocycles. The van der Waals surface area contributed by atoms with E-state index in [0.717, 1.165) is 5.56 Å². The first-order chi connectivity index (χ1) is 13.4. The van der Waals surface area contributed by atoms with E-state index >= 15 is 0 Å². The van der Waals surface area contributed by atoms with Crippen LogP contribution in [-0.4, -0.2) is 5.90 Å². The molecule has 7 heteroatoms. The van der Waals surface area contributed by atoms with E-state index in [1.54, 1.807) is 13.0 Å². The van der Waals surface area contributed by atoms with Crippen LogP contribution in [0.2, 0.25) is 0 Å². The number of rotatable bonds is 2. The van der Waals surface area contributed by atoms with Crippen molar-refractivity contribution in [1.29, 1.82) is 21.2 Å². The Balaban J connectivity index is 2.04. The van der Waals surface area contributed by atoms with Crippen molar-refractivity contribution >= 4 is 5.90 Å². The average molecular weight is 372 g/mol. The van der Waals surface area contributed by atoms with Crippen LogP contribution in [0.25, 0.3) is 0 Å². The van der Waals surface area contributed by atoms with Crippen molar-refractivity contribution in [2.24, 2.45) is 16.7 Å². The third-order valence-corrected chi connectivity index (χ3v) is 5.97. The molecule has 1 aromatic heterocycles. The molecule has 4 unspecified atom stereocenters. The van der Waals surface area contributed by atoms with Gasteiger partial charge in [0.1, 0.15) is 6.10 Å². The Bertz CT molecular complexity index is 1060. The van der Waals surface area contributed by atoms with E-state index in [2.05, 4.69) is 6.07 Å². The summed E-state index contributed by atoms with van der Waals surface area (Å²) >= 11 is 0. The summed E-state index contributed by atoms with van der Waals surface area (Å²) in [6.45, 7) is 3.62. The molecule has 2 bridgehead atoms. The Hall–Kier alpha value is -3.60. The van der Waals surface area contributed by atoms with E-state index in [4.69, 9.17) is 19.3 Å². The van der Waals surface area contributed by atoms with Crippen molar-refractivity contribution in [3.63, 3.8) is 0 Å². The van der Waals surface area contributed by atoms with Gasteiger partial charge in [-0.2, -0.15) is 15.8 Å². The zero-order valence-electron chi connectivity index (χ0n) is 15.3. The molecule has 1 N–H and O–H groups in total. The van der Waals surface area contributed by atoms with Gasteiger partial charge in [0.2, 0.25) is 17.1 Å². The second-order valence-corrected chi connectivity index (χ2v) is 7.19. The highest BCUT2D eigenvalue weighted by Crippen LogP contribution is 2.68. The van der Waals surface area contributed by atoms with Crippen LogP contribution >= 0.6 is 0 Å². The van der Waals surface area contributed by atoms with Gasteiger partial charge in [-0.05, 0) is 13.0 Å². The largest absolute Gasteiger partial charge is 0.472 e. The van der Waals surface area contributed by atoms with E-state index < -0.39 is 34.5 Å². The molecule has 2 aromatic rings. The Kier molecular flexibility index (Phi) is 3.62. The monoisotopic (exact) mass is 372 g/mol. The minimum atomic E-state index is -1.98. The molecule has 4 atom stereocenters. The normalized spacial score (nSPS) is 32.6. The molecule has 2 aliphatic heterocycles. The van der Waals surface area contributed by atoms with E-state index in [9.17, 15) is 15.8 Å². The predicted octanol–water partition coefficient (Wildman–Crippen LogP) is 3.70. The van der Waals surface area contributed by atoms with E-state index in [0.29, 0.717) is 11.1 Å². The number of hydrogen-bond donors (Lipinski definition) is 1. The van der Waals surface area contributed by atoms with Crippen LogP contribution in [0.4, 0.5) is 0 Å². The molecular formula is C21H16N4O3. The fourth-order valence-electron chi connectivity index (χ4n) is 4.38. The van der Waals surface area contributed by atoms with Gasteiger partial charge in [0.25, 0.3) is 0 Å². The van der Waals surface area contributed by atoms with E-state index in [1.807, 2.05) is 43.3 Å². The minimum Gasteiger partial charge on any atom is -0.472 e. The number of nitrogens with zero attached hydrogens (tertiary/aromatic N) is 3. The number of nitrogens with one attached hydrogen (secondary N) is 1. The number of aryl methyl sites for hydroxylation is 1. The third-order valence-electron chi connectivity index (χ3n) is 5.97. The number of nitriles is 3. The van der Waals surface area contributed by atoms with Gasteiger partial charge in [-0.3, -0.25) is 5.41 Å². The summed E-state index contributed by atoms with van der Waals surface area (Å²) in [5.41, 5.74) is -1.71. The first-order valence-electron chi connectivity index (χ1n) is 8.70. The number of hydrogen-bond acceptors (Lipinski definition) is 7. The molecule has 0 aliphatic carbocycles. The molecule has 0 saturated carbocycles. The number of fused-ring (bicyclic) bond motifs is 2. The number of furan rings is 1. The summed E-state index contributed by atoms with van der Waals surface area (Å²) in [6.07, 6.45) is 1.64. The Morgan fingerprint density at radius 1 is 1.04 bits per heavy atom. The van der Waals surface area contributed by atoms with Crippen LogP contribution in [0.15, 0.2) is 47.3 Å². The zero-order valence-corrected chi connectivity index (χ0v) is 15.3. The summed E-state index contributed by atoms with van der Waals surface area (Å²) < 4.78 is 17.4. The van der Waals surface area contributed by atoms with Crippen LogP contribution in [-0.2, 0) is 15.3 Å². The smallest absolute Gasteiger partial charge is 0.244 e. The van der Waals surface area contributed by atoms with Crippen molar-refractivity contribution in [2.45, 2.75) is 25.7 Å². The first kappa shape index (κ1) is 17.8. The van der Waals surface area contributed by atoms with Crippen molar-refractivity contribution in [1.82, 2.24) is 0 Å². The molecule has 3 heterocycles. The van der Waals surface area contributed by atoms with Gasteiger partial charge in [0, 0.05) is 11.1 Å². The van der Waals surface area contributed by atoms with Crippen LogP contribution in [0.1, 0.15) is 29.7 Å². The molecule has 0 spiro atoms. The van der Waals surface area contributed by atoms with Gasteiger partial charge < -0.3 is 13.9 Å². The molecule has 2 fully saturated rings. The second kappa shape index (κ2) is 5.70. The van der Waals surface area contributed by atoms with Crippen molar-refractivity contribution < 1.29 is 13.9 Å². The lowest BCUT2D eigenvalue weighted by Gasteiger charge is -2.48. The highest BCUT2D eigenvalue weighted by atomic mass is 16.7. The standard InChI is InChI=1S/C21H16N4O3/c1-13-3-5-16(6-4-13)21-14(2)20(12-24,18(25)28-21)19(10-22,11-23)17(27-21)15-7-8-26-9-15/h3-9,14,17,25H,1-2H3. The Morgan fingerprint density at radius 2 is 1.71 bits per heavy atom. The zero-order chi connectivity index (χ0) is 20.2. The molecule has 28 heavy (non-hydrogen) atoms. The maximum absolute atomic E-state index is 10.2. The van der Waals surface area contributed by atoms with Gasteiger partial charge in [0.15, 0.2) is 5.41 Å². The van der Waals surface area contributed by atoms with Gasteiger partial charge in [-0.1, -0.05) is 36.8 Å². The van der Waals surface area contributed by atoms with Crippen LogP contribution in [0, 0.1) is 63.1 Å². The van der Waals surface area contributed by atoms with Gasteiger partial charge in [-0.15, -0.1) is 0 Å². The molecular weight excluding hydrogens is 356 g/mol. The SMILES string of the molecule is Cc1ccc(C23OC(=N)C(C#N)(C2C)C(C#N)(C#N)C(c2ccoc2)O3)cc1. The molecule has 7 nitrogen and oxygen atoms in total. The van der Waals surface area contributed by atoms with Crippen molar-refractivity contribution in [3.8, 4) is 18.2 Å². The van der Waals surface area contributed by atoms with E-state index in [1.165, 1.54) is 12.5 Å². The minimum absolute atomic E-state index is 0.433. The Labute approximate surface area is 161 Å². The van der Waals surface area contributed by atoms with Gasteiger partial charge >= 0.3 is 0 Å². The predicted molar refractivity (Wildman–Crippen MR) is 95.1 cm³/mol. The van der Waals surface area contributed by atoms with Crippen molar-refractivity contribution in [3.05, 3.63) is 59.5 Å². The summed E-state index contributed by atoms with van der Waals surface area (Å²) in [7, 11) is 0. The number of benzene rings is 1. The van der Waals surface area contributed by atoms with Gasteiger partial charge in [-0.25, -0.2) is 0 Å². The fraction of sp³-hybridized carbons (Fsp3) is 0.333. The molecule has 4 rings (SSSR count). The highest BCUT2D eigenvalue weighted by molar-refractivity contribution is 5.89. The number of ether oxygens (including phenoxy) is 2. The molecule has 0 radical (unpaired) electrons. The summed E-state index contributed by atoms with van der Waals surface area (Å²) in [4.78, 5) is 0. The van der Waals surface area contributed by atoms with Gasteiger partial charge in [0.05, 0.1) is 36.7 Å². The lowest BCUT2D eigenvalue weighted by Crippen LogP contribution is -2.57. The van der Waals surface area contributed by atoms with Crippen LogP contribution in [0.5, 0.6) is 0 Å². The van der Waals surface area contributed by atoms with Crippen LogP contribution < -0.4 is 0 Å². The summed E-state index contributed by atoms with van der Waals surface area (Å²) in [6, 6.07) is 15.0. The summed E-state index contributed by atoms with van der Waals surface area (Å²) in [5.74, 6) is -2.68. The second-order valence-electron chi connectivity index (χ2n) is 7.19. The molecule has 0 amide bonds. The molecule has 2 saturated heterocycles. The summed E-state index contributed by atoms with van der Waals surface area (Å²) in [5, 5.41) is 38.8. The molecule has 138 valence electrons. The lowest BCUT2D eigenvalue weighted by atomic mass is 9.53. The first-order valence-corrected chi connectivity index (χ1v) is 8.70. The third kappa shape index (κ3) is 1.80. The van der Waals surface area contributed by atoms with Crippen molar-refractivity contribution in [2.75, 3.05) is 0 Å². The fourth-order valence-corrected chi connectivity index (χ4v) is 4.38. The average Bonchev–Trinajstić information content (AvgIpc) is 3.28. The Morgan fingerprint density at radius 3 is 2.25 bits per heavy atom. The molecule has 2 aliphatic rings. The quantitative estimate of drug-likeness (QED) is 0.856. The topological polar surface area (TPSA) is 127 Å². The highest BCUT2D eigenvalue weighted by Gasteiger charge is 2.79.